The fourth-order valence-electron chi connectivity index (χ4n) is 1.38. The summed E-state index contributed by atoms with van der Waals surface area (Å²) in [6.45, 7) is 7.67. The normalized spacial score (nSPS) is 13.6. The zero-order valence-electron chi connectivity index (χ0n) is 8.30. The number of rotatable bonds is 4. The van der Waals surface area contributed by atoms with Crippen LogP contribution >= 0.6 is 27.3 Å². The SMILES string of the molecule is CCNC(c1sccc1Br)C(C)C. The van der Waals surface area contributed by atoms with Crippen molar-refractivity contribution in [2.24, 2.45) is 5.92 Å². The highest BCUT2D eigenvalue weighted by molar-refractivity contribution is 9.10. The average Bonchev–Trinajstić information content (AvgIpc) is 2.47. The zero-order valence-corrected chi connectivity index (χ0v) is 10.7. The molecule has 1 unspecified atom stereocenters. The summed E-state index contributed by atoms with van der Waals surface area (Å²) in [5, 5.41) is 5.64. The number of halogens is 1. The van der Waals surface area contributed by atoms with Crippen molar-refractivity contribution >= 4 is 27.3 Å². The lowest BCUT2D eigenvalue weighted by molar-refractivity contribution is 0.427. The molecule has 0 aliphatic carbocycles. The Morgan fingerprint density at radius 3 is 2.62 bits per heavy atom. The molecule has 0 aromatic carbocycles. The molecule has 1 aromatic rings. The second-order valence-electron chi connectivity index (χ2n) is 3.41. The first-order valence-corrected chi connectivity index (χ1v) is 6.30. The summed E-state index contributed by atoms with van der Waals surface area (Å²) in [5.41, 5.74) is 0. The fourth-order valence-corrected chi connectivity index (χ4v) is 3.25. The van der Waals surface area contributed by atoms with E-state index < -0.39 is 0 Å². The Kier molecular flexibility index (Phi) is 4.42. The molecular weight excluding hydrogens is 246 g/mol. The molecule has 0 bridgehead atoms. The van der Waals surface area contributed by atoms with Gasteiger partial charge in [0, 0.05) is 15.4 Å². The Balaban J connectivity index is 2.82. The number of hydrogen-bond acceptors (Lipinski definition) is 2. The van der Waals surface area contributed by atoms with Crippen LogP contribution in [-0.4, -0.2) is 6.54 Å². The smallest absolute Gasteiger partial charge is 0.0449 e. The first-order valence-electron chi connectivity index (χ1n) is 4.63. The van der Waals surface area contributed by atoms with E-state index in [1.165, 1.54) is 9.35 Å². The molecule has 0 aliphatic rings. The van der Waals surface area contributed by atoms with E-state index in [9.17, 15) is 0 Å². The number of thiophene rings is 1. The number of hydrogen-bond donors (Lipinski definition) is 1. The van der Waals surface area contributed by atoms with E-state index in [4.69, 9.17) is 0 Å². The predicted molar refractivity (Wildman–Crippen MR) is 63.3 cm³/mol. The molecule has 1 N–H and O–H groups in total. The van der Waals surface area contributed by atoms with Crippen molar-refractivity contribution in [2.75, 3.05) is 6.54 Å². The van der Waals surface area contributed by atoms with Crippen LogP contribution in [0.5, 0.6) is 0 Å². The molecule has 1 atom stereocenters. The van der Waals surface area contributed by atoms with Crippen LogP contribution < -0.4 is 5.32 Å². The van der Waals surface area contributed by atoms with Crippen LogP contribution in [0.15, 0.2) is 15.9 Å². The van der Waals surface area contributed by atoms with Gasteiger partial charge in [0.15, 0.2) is 0 Å². The van der Waals surface area contributed by atoms with Crippen molar-refractivity contribution in [3.63, 3.8) is 0 Å². The molecule has 0 saturated heterocycles. The van der Waals surface area contributed by atoms with E-state index in [2.05, 4.69) is 53.5 Å². The van der Waals surface area contributed by atoms with E-state index >= 15 is 0 Å². The Labute approximate surface area is 92.7 Å². The highest BCUT2D eigenvalue weighted by atomic mass is 79.9. The van der Waals surface area contributed by atoms with E-state index in [1.807, 2.05) is 11.3 Å². The van der Waals surface area contributed by atoms with Gasteiger partial charge >= 0.3 is 0 Å². The van der Waals surface area contributed by atoms with E-state index in [-0.39, 0.29) is 0 Å². The van der Waals surface area contributed by atoms with Crippen molar-refractivity contribution in [1.29, 1.82) is 0 Å². The highest BCUT2D eigenvalue weighted by Gasteiger charge is 2.17. The quantitative estimate of drug-likeness (QED) is 0.869. The second kappa shape index (κ2) is 5.13. The maximum Gasteiger partial charge on any atom is 0.0449 e. The molecule has 1 heterocycles. The summed E-state index contributed by atoms with van der Waals surface area (Å²) < 4.78 is 1.23. The molecule has 0 amide bonds. The van der Waals surface area contributed by atoms with Gasteiger partial charge in [-0.05, 0) is 39.8 Å². The molecule has 0 spiro atoms. The minimum atomic E-state index is 0.486. The fraction of sp³-hybridized carbons (Fsp3) is 0.600. The second-order valence-corrected chi connectivity index (χ2v) is 5.21. The monoisotopic (exact) mass is 261 g/mol. The van der Waals surface area contributed by atoms with Crippen LogP contribution in [0.2, 0.25) is 0 Å². The summed E-state index contributed by atoms with van der Waals surface area (Å²) in [7, 11) is 0. The zero-order chi connectivity index (χ0) is 9.84. The van der Waals surface area contributed by atoms with Gasteiger partial charge in [0.05, 0.1) is 0 Å². The van der Waals surface area contributed by atoms with E-state index in [1.54, 1.807) is 0 Å². The van der Waals surface area contributed by atoms with Gasteiger partial charge in [-0.3, -0.25) is 0 Å². The lowest BCUT2D eigenvalue weighted by atomic mass is 10.0. The molecular formula is C10H16BrNS. The standard InChI is InChI=1S/C10H16BrNS/c1-4-12-9(7(2)3)10-8(11)5-6-13-10/h5-7,9,12H,4H2,1-3H3. The van der Waals surface area contributed by atoms with Crippen molar-refractivity contribution < 1.29 is 0 Å². The van der Waals surface area contributed by atoms with Crippen LogP contribution in [0, 0.1) is 5.92 Å². The lowest BCUT2D eigenvalue weighted by Crippen LogP contribution is -2.24. The molecule has 3 heteroatoms. The van der Waals surface area contributed by atoms with Crippen molar-refractivity contribution in [3.05, 3.63) is 20.8 Å². The van der Waals surface area contributed by atoms with Crippen LogP contribution in [0.1, 0.15) is 31.7 Å². The lowest BCUT2D eigenvalue weighted by Gasteiger charge is -2.20. The summed E-state index contributed by atoms with van der Waals surface area (Å²) in [6, 6.07) is 2.60. The van der Waals surface area contributed by atoms with Gasteiger partial charge in [-0.25, -0.2) is 0 Å². The highest BCUT2D eigenvalue weighted by Crippen LogP contribution is 2.32. The Hall–Kier alpha value is 0.140. The first kappa shape index (κ1) is 11.2. The molecule has 13 heavy (non-hydrogen) atoms. The van der Waals surface area contributed by atoms with E-state index in [0.717, 1.165) is 6.54 Å². The molecule has 1 aromatic heterocycles. The minimum absolute atomic E-state index is 0.486. The van der Waals surface area contributed by atoms with Gasteiger partial charge in [0.2, 0.25) is 0 Å². The largest absolute Gasteiger partial charge is 0.309 e. The molecule has 0 radical (unpaired) electrons. The van der Waals surface area contributed by atoms with Crippen LogP contribution in [-0.2, 0) is 0 Å². The molecule has 1 nitrogen and oxygen atoms in total. The summed E-state index contributed by atoms with van der Waals surface area (Å²) in [6.07, 6.45) is 0. The van der Waals surface area contributed by atoms with Crippen molar-refractivity contribution in [3.8, 4) is 0 Å². The van der Waals surface area contributed by atoms with Crippen LogP contribution in [0.25, 0.3) is 0 Å². The molecule has 0 aliphatic heterocycles. The third-order valence-corrected chi connectivity index (χ3v) is 3.97. The van der Waals surface area contributed by atoms with Crippen LogP contribution in [0.3, 0.4) is 0 Å². The third-order valence-electron chi connectivity index (χ3n) is 2.02. The van der Waals surface area contributed by atoms with E-state index in [0.29, 0.717) is 12.0 Å². The molecule has 74 valence electrons. The molecule has 0 fully saturated rings. The van der Waals surface area contributed by atoms with Gasteiger partial charge < -0.3 is 5.32 Å². The summed E-state index contributed by atoms with van der Waals surface area (Å²) in [4.78, 5) is 1.41. The van der Waals surface area contributed by atoms with Crippen LogP contribution in [0.4, 0.5) is 0 Å². The Bertz CT molecular complexity index is 257. The van der Waals surface area contributed by atoms with Crippen molar-refractivity contribution in [1.82, 2.24) is 5.32 Å². The average molecular weight is 262 g/mol. The molecule has 1 rings (SSSR count). The predicted octanol–water partition coefficient (Wildman–Crippen LogP) is 3.82. The maximum absolute atomic E-state index is 3.58. The Morgan fingerprint density at radius 1 is 1.54 bits per heavy atom. The van der Waals surface area contributed by atoms with Crippen molar-refractivity contribution in [2.45, 2.75) is 26.8 Å². The third kappa shape index (κ3) is 2.79. The van der Waals surface area contributed by atoms with Gasteiger partial charge in [0.1, 0.15) is 0 Å². The maximum atomic E-state index is 3.58. The van der Waals surface area contributed by atoms with Gasteiger partial charge in [-0.2, -0.15) is 0 Å². The first-order chi connectivity index (χ1) is 6.16. The minimum Gasteiger partial charge on any atom is -0.309 e. The number of nitrogens with one attached hydrogen (secondary N) is 1. The summed E-state index contributed by atoms with van der Waals surface area (Å²) in [5.74, 6) is 0.634. The van der Waals surface area contributed by atoms with Gasteiger partial charge in [0.25, 0.3) is 0 Å². The molecule has 0 saturated carbocycles. The van der Waals surface area contributed by atoms with Gasteiger partial charge in [-0.15, -0.1) is 11.3 Å². The Morgan fingerprint density at radius 2 is 2.23 bits per heavy atom. The summed E-state index contributed by atoms with van der Waals surface area (Å²) >= 11 is 5.39. The topological polar surface area (TPSA) is 12.0 Å². The van der Waals surface area contributed by atoms with Gasteiger partial charge in [-0.1, -0.05) is 20.8 Å².